The highest BCUT2D eigenvalue weighted by molar-refractivity contribution is 5.97. The van der Waals surface area contributed by atoms with E-state index in [1.807, 2.05) is 18.2 Å². The molecule has 1 saturated carbocycles. The lowest BCUT2D eigenvalue weighted by molar-refractivity contribution is -0.721. The van der Waals surface area contributed by atoms with Gasteiger partial charge in [0, 0.05) is 30.3 Å². The molecule has 0 atom stereocenters. The maximum Gasteiger partial charge on any atom is 0.219 e. The molecule has 2 aromatic heterocycles. The Bertz CT molecular complexity index is 1340. The number of carbonyl (C=O) groups is 1. The fraction of sp³-hybridized carbons (Fsp3) is 0.556. The molecule has 1 aromatic carbocycles. The second kappa shape index (κ2) is 10.2. The number of morpholine rings is 1. The normalized spacial score (nSPS) is 16.9. The van der Waals surface area contributed by atoms with Crippen molar-refractivity contribution in [2.75, 3.05) is 38.3 Å². The second-order valence-corrected chi connectivity index (χ2v) is 10.8. The number of methoxy groups -OCH3 is 1. The zero-order chi connectivity index (χ0) is 26.2. The molecule has 10 heteroatoms. The number of ketones is 1. The standard InChI is InChI=1S/C27H36N6O4/c1-27(2,3)20-15-18(16-21(25(20)35-4)31-11-13-36-14-12-31)22(34)17-32-24-10-9-23(29-33(24)26(28)30-32)37-19-7-5-6-8-19/h9-10,15-16,19,28H,5-8,11-14,17H2,1-4H3. The zero-order valence-corrected chi connectivity index (χ0v) is 22.1. The van der Waals surface area contributed by atoms with Gasteiger partial charge in [-0.1, -0.05) is 20.8 Å². The third-order valence-corrected chi connectivity index (χ3v) is 7.11. The highest BCUT2D eigenvalue weighted by Crippen LogP contribution is 2.40. The van der Waals surface area contributed by atoms with E-state index in [0.29, 0.717) is 30.3 Å². The van der Waals surface area contributed by atoms with Crippen LogP contribution in [0.15, 0.2) is 24.3 Å². The zero-order valence-electron chi connectivity index (χ0n) is 22.1. The first kappa shape index (κ1) is 25.3. The summed E-state index contributed by atoms with van der Waals surface area (Å²) >= 11 is 0. The summed E-state index contributed by atoms with van der Waals surface area (Å²) in [7, 11) is 1.68. The minimum Gasteiger partial charge on any atom is -0.494 e. The van der Waals surface area contributed by atoms with Crippen LogP contribution in [0.4, 0.5) is 5.69 Å². The summed E-state index contributed by atoms with van der Waals surface area (Å²) in [4.78, 5) is 15.8. The third kappa shape index (κ3) is 5.20. The molecule has 1 N–H and O–H groups in total. The van der Waals surface area contributed by atoms with Crippen molar-refractivity contribution < 1.29 is 23.7 Å². The Morgan fingerprint density at radius 3 is 2.62 bits per heavy atom. The fourth-order valence-corrected chi connectivity index (χ4v) is 5.13. The van der Waals surface area contributed by atoms with Crippen LogP contribution >= 0.6 is 0 Å². The number of hydrogen-bond donors (Lipinski definition) is 1. The molecule has 1 saturated heterocycles. The number of anilines is 1. The van der Waals surface area contributed by atoms with Crippen molar-refractivity contribution in [2.45, 2.75) is 64.5 Å². The van der Waals surface area contributed by atoms with Crippen LogP contribution in [0.3, 0.4) is 0 Å². The predicted octanol–water partition coefficient (Wildman–Crippen LogP) is 2.41. The number of carbonyl (C=O) groups excluding carboxylic acids is 1. The molecule has 2 fully saturated rings. The van der Waals surface area contributed by atoms with Gasteiger partial charge in [0.1, 0.15) is 11.9 Å². The third-order valence-electron chi connectivity index (χ3n) is 7.11. The van der Waals surface area contributed by atoms with Crippen LogP contribution in [0.5, 0.6) is 11.6 Å². The molecule has 0 amide bonds. The first-order valence-electron chi connectivity index (χ1n) is 13.0. The average molecular weight is 509 g/mol. The Kier molecular flexibility index (Phi) is 6.94. The molecule has 0 radical (unpaired) electrons. The summed E-state index contributed by atoms with van der Waals surface area (Å²) in [6.45, 7) is 9.07. The molecular formula is C27H36N6O4. The summed E-state index contributed by atoms with van der Waals surface area (Å²) in [6, 6.07) is 7.44. The van der Waals surface area contributed by atoms with E-state index in [0.717, 1.165) is 42.9 Å². The molecule has 3 aromatic rings. The molecule has 5 rings (SSSR count). The van der Waals surface area contributed by atoms with Gasteiger partial charge in [0.2, 0.25) is 11.7 Å². The minimum atomic E-state index is -0.231. The monoisotopic (exact) mass is 508 g/mol. The van der Waals surface area contributed by atoms with Crippen molar-refractivity contribution in [3.63, 3.8) is 0 Å². The summed E-state index contributed by atoms with van der Waals surface area (Å²) in [6.07, 6.45) is 4.55. The van der Waals surface area contributed by atoms with Crippen molar-refractivity contribution in [2.24, 2.45) is 0 Å². The maximum absolute atomic E-state index is 13.6. The van der Waals surface area contributed by atoms with E-state index in [2.05, 4.69) is 35.9 Å². The lowest BCUT2D eigenvalue weighted by Gasteiger charge is -2.33. The van der Waals surface area contributed by atoms with Crippen LogP contribution < -0.4 is 29.8 Å². The summed E-state index contributed by atoms with van der Waals surface area (Å²) in [5, 5.41) is 17.1. The number of nitrogens with one attached hydrogen (secondary N) is 1. The van der Waals surface area contributed by atoms with Crippen LogP contribution in [-0.2, 0) is 16.7 Å². The highest BCUT2D eigenvalue weighted by atomic mass is 16.5. The highest BCUT2D eigenvalue weighted by Gasteiger charge is 2.27. The number of nitrogens with zero attached hydrogens (tertiary/aromatic N) is 5. The molecule has 3 heterocycles. The molecule has 2 aliphatic rings. The number of fused-ring (bicyclic) bond motifs is 1. The van der Waals surface area contributed by atoms with Gasteiger partial charge in [-0.2, -0.15) is 5.10 Å². The number of aromatic nitrogens is 4. The summed E-state index contributed by atoms with van der Waals surface area (Å²) in [5.41, 5.74) is 2.75. The largest absolute Gasteiger partial charge is 0.494 e. The molecule has 0 bridgehead atoms. The Hall–Kier alpha value is -3.40. The molecule has 1 aliphatic heterocycles. The van der Waals surface area contributed by atoms with Crippen LogP contribution in [-0.4, -0.2) is 54.9 Å². The number of rotatable bonds is 7. The van der Waals surface area contributed by atoms with E-state index in [1.165, 1.54) is 22.0 Å². The summed E-state index contributed by atoms with van der Waals surface area (Å²) in [5.74, 6) is 1.17. The molecule has 0 spiro atoms. The number of ether oxygens (including phenoxy) is 3. The van der Waals surface area contributed by atoms with Gasteiger partial charge in [-0.15, -0.1) is 0 Å². The van der Waals surface area contributed by atoms with Crippen LogP contribution in [0, 0.1) is 5.41 Å². The van der Waals surface area contributed by atoms with E-state index in [4.69, 9.17) is 19.6 Å². The van der Waals surface area contributed by atoms with Crippen molar-refractivity contribution in [1.29, 1.82) is 5.41 Å². The number of Topliss-reactive ketones (excluding diaryl/α,β-unsaturated/α-hetero) is 1. The van der Waals surface area contributed by atoms with Crippen molar-refractivity contribution in [1.82, 2.24) is 14.7 Å². The molecule has 37 heavy (non-hydrogen) atoms. The predicted molar refractivity (Wildman–Crippen MR) is 137 cm³/mol. The number of hydrogen-bond acceptors (Lipinski definition) is 7. The maximum atomic E-state index is 13.6. The fourth-order valence-electron chi connectivity index (χ4n) is 5.13. The van der Waals surface area contributed by atoms with E-state index in [9.17, 15) is 4.79 Å². The molecule has 198 valence electrons. The van der Waals surface area contributed by atoms with E-state index in [-0.39, 0.29) is 29.5 Å². The van der Waals surface area contributed by atoms with Crippen molar-refractivity contribution in [3.05, 3.63) is 41.0 Å². The van der Waals surface area contributed by atoms with Gasteiger partial charge >= 0.3 is 0 Å². The van der Waals surface area contributed by atoms with Gasteiger partial charge in [-0.25, -0.2) is 9.78 Å². The van der Waals surface area contributed by atoms with E-state index < -0.39 is 0 Å². The Morgan fingerprint density at radius 2 is 1.95 bits per heavy atom. The van der Waals surface area contributed by atoms with Crippen molar-refractivity contribution in [3.8, 4) is 11.6 Å². The lowest BCUT2D eigenvalue weighted by atomic mass is 9.84. The number of benzene rings is 1. The van der Waals surface area contributed by atoms with E-state index in [1.54, 1.807) is 13.2 Å². The van der Waals surface area contributed by atoms with Crippen LogP contribution in [0.1, 0.15) is 62.4 Å². The average Bonchev–Trinajstić information content (AvgIpc) is 3.50. The quantitative estimate of drug-likeness (QED) is 0.386. The van der Waals surface area contributed by atoms with Gasteiger partial charge in [-0.3, -0.25) is 9.31 Å². The molecule has 0 unspecified atom stereocenters. The second-order valence-electron chi connectivity index (χ2n) is 10.8. The molecule has 10 nitrogen and oxygen atoms in total. The topological polar surface area (TPSA) is 107 Å². The smallest absolute Gasteiger partial charge is 0.219 e. The molecule has 1 aliphatic carbocycles. The van der Waals surface area contributed by atoms with Crippen LogP contribution in [0.25, 0.3) is 5.65 Å². The lowest BCUT2D eigenvalue weighted by Crippen LogP contribution is -2.43. The SMILES string of the molecule is COc1c(N2CCOCC2)cc(C(=O)C[n+]2[n-]c(=N)n3nc(OC4CCCC4)ccc32)cc1C(C)(C)C. The van der Waals surface area contributed by atoms with Gasteiger partial charge in [0.15, 0.2) is 12.2 Å². The molecular weight excluding hydrogens is 472 g/mol. The summed E-state index contributed by atoms with van der Waals surface area (Å²) < 4.78 is 20.4. The van der Waals surface area contributed by atoms with Gasteiger partial charge in [0.25, 0.3) is 0 Å². The first-order chi connectivity index (χ1) is 17.7. The van der Waals surface area contributed by atoms with Crippen LogP contribution in [0.2, 0.25) is 0 Å². The first-order valence-corrected chi connectivity index (χ1v) is 13.0. The Morgan fingerprint density at radius 1 is 1.22 bits per heavy atom. The van der Waals surface area contributed by atoms with Gasteiger partial charge in [-0.05, 0) is 49.3 Å². The van der Waals surface area contributed by atoms with E-state index >= 15 is 0 Å². The van der Waals surface area contributed by atoms with Gasteiger partial charge < -0.3 is 24.5 Å². The van der Waals surface area contributed by atoms with Crippen molar-refractivity contribution >= 4 is 17.1 Å². The van der Waals surface area contributed by atoms with Gasteiger partial charge in [0.05, 0.1) is 31.6 Å². The Labute approximate surface area is 216 Å². The Balaban J connectivity index is 1.47. The minimum absolute atomic E-state index is 0.00858.